The molecular weight excluding hydrogens is 266 g/mol. The fraction of sp³-hybridized carbons (Fsp3) is 0.733. The molecule has 6 heteroatoms. The maximum absolute atomic E-state index is 5.35. The van der Waals surface area contributed by atoms with Crippen molar-refractivity contribution in [2.45, 2.75) is 19.3 Å². The van der Waals surface area contributed by atoms with E-state index in [9.17, 15) is 0 Å². The molecule has 1 aromatic rings. The van der Waals surface area contributed by atoms with Crippen molar-refractivity contribution in [2.24, 2.45) is 0 Å². The zero-order valence-electron chi connectivity index (χ0n) is 12.6. The molecule has 1 N–H and O–H groups in total. The molecule has 2 fully saturated rings. The molecule has 0 aliphatic carbocycles. The molecule has 21 heavy (non-hydrogen) atoms. The molecule has 0 aromatic carbocycles. The monoisotopic (exact) mass is 291 g/mol. The lowest BCUT2D eigenvalue weighted by atomic mass is 10.1. The minimum Gasteiger partial charge on any atom is -0.379 e. The molecule has 0 radical (unpaired) electrons. The van der Waals surface area contributed by atoms with Gasteiger partial charge in [-0.25, -0.2) is 4.98 Å². The Hall–Kier alpha value is -1.40. The Morgan fingerprint density at radius 2 is 1.90 bits per heavy atom. The molecule has 0 saturated carbocycles. The van der Waals surface area contributed by atoms with E-state index in [-0.39, 0.29) is 0 Å². The van der Waals surface area contributed by atoms with Gasteiger partial charge in [-0.1, -0.05) is 0 Å². The van der Waals surface area contributed by atoms with Crippen LogP contribution in [0.4, 0.5) is 11.8 Å². The summed E-state index contributed by atoms with van der Waals surface area (Å²) < 4.78 is 5.35. The van der Waals surface area contributed by atoms with E-state index in [0.717, 1.165) is 64.2 Å². The number of morpholine rings is 1. The lowest BCUT2D eigenvalue weighted by molar-refractivity contribution is 0.0398. The van der Waals surface area contributed by atoms with Gasteiger partial charge in [0.15, 0.2) is 0 Å². The summed E-state index contributed by atoms with van der Waals surface area (Å²) in [5, 5.41) is 3.34. The highest BCUT2D eigenvalue weighted by atomic mass is 16.5. The Bertz CT molecular complexity index is 430. The van der Waals surface area contributed by atoms with E-state index in [0.29, 0.717) is 0 Å². The highest BCUT2D eigenvalue weighted by Crippen LogP contribution is 2.17. The molecule has 3 heterocycles. The van der Waals surface area contributed by atoms with E-state index < -0.39 is 0 Å². The predicted molar refractivity (Wildman–Crippen MR) is 83.8 cm³/mol. The molecule has 3 rings (SSSR count). The summed E-state index contributed by atoms with van der Waals surface area (Å²) in [4.78, 5) is 13.7. The van der Waals surface area contributed by atoms with Gasteiger partial charge in [-0.3, -0.25) is 4.90 Å². The Kier molecular flexibility index (Phi) is 5.23. The van der Waals surface area contributed by atoms with Crippen LogP contribution in [0.3, 0.4) is 0 Å². The topological polar surface area (TPSA) is 53.5 Å². The van der Waals surface area contributed by atoms with Gasteiger partial charge >= 0.3 is 0 Å². The van der Waals surface area contributed by atoms with Crippen molar-refractivity contribution in [3.8, 4) is 0 Å². The van der Waals surface area contributed by atoms with Gasteiger partial charge in [-0.15, -0.1) is 0 Å². The number of rotatable bonds is 5. The summed E-state index contributed by atoms with van der Waals surface area (Å²) in [6.07, 6.45) is 5.73. The number of anilines is 2. The molecule has 0 unspecified atom stereocenters. The van der Waals surface area contributed by atoms with Crippen LogP contribution in [0.25, 0.3) is 0 Å². The molecule has 0 atom stereocenters. The molecular formula is C15H25N5O. The zero-order valence-corrected chi connectivity index (χ0v) is 12.6. The standard InChI is InChI=1S/C15H25N5O/c1-2-7-20(8-3-1)14-4-5-16-15(18-14)17-6-9-19-10-12-21-13-11-19/h4-5H,1-3,6-13H2,(H,16,17,18). The minimum atomic E-state index is 0.742. The van der Waals surface area contributed by atoms with Crippen molar-refractivity contribution in [2.75, 3.05) is 62.7 Å². The molecule has 2 aliphatic rings. The molecule has 0 spiro atoms. The Labute approximate surface area is 126 Å². The van der Waals surface area contributed by atoms with Gasteiger partial charge in [0.2, 0.25) is 5.95 Å². The molecule has 2 saturated heterocycles. The van der Waals surface area contributed by atoms with Crippen LogP contribution in [-0.4, -0.2) is 67.4 Å². The summed E-state index contributed by atoms with van der Waals surface area (Å²) in [5.74, 6) is 1.80. The second-order valence-corrected chi connectivity index (χ2v) is 5.67. The molecule has 2 aliphatic heterocycles. The van der Waals surface area contributed by atoms with Crippen LogP contribution >= 0.6 is 0 Å². The first-order chi connectivity index (χ1) is 10.4. The summed E-state index contributed by atoms with van der Waals surface area (Å²) in [6, 6.07) is 2.01. The minimum absolute atomic E-state index is 0.742. The zero-order chi connectivity index (χ0) is 14.3. The van der Waals surface area contributed by atoms with Crippen LogP contribution in [0, 0.1) is 0 Å². The van der Waals surface area contributed by atoms with Crippen molar-refractivity contribution < 1.29 is 4.74 Å². The first-order valence-electron chi connectivity index (χ1n) is 8.04. The van der Waals surface area contributed by atoms with Crippen molar-refractivity contribution in [3.63, 3.8) is 0 Å². The number of nitrogens with one attached hydrogen (secondary N) is 1. The van der Waals surface area contributed by atoms with Crippen LogP contribution in [0.1, 0.15) is 19.3 Å². The van der Waals surface area contributed by atoms with Crippen molar-refractivity contribution in [1.29, 1.82) is 0 Å². The van der Waals surface area contributed by atoms with E-state index in [2.05, 4.69) is 25.1 Å². The number of piperidine rings is 1. The van der Waals surface area contributed by atoms with Gasteiger partial charge in [0.1, 0.15) is 5.82 Å². The van der Waals surface area contributed by atoms with Crippen molar-refractivity contribution in [3.05, 3.63) is 12.3 Å². The number of aromatic nitrogens is 2. The second kappa shape index (κ2) is 7.56. The van der Waals surface area contributed by atoms with Crippen LogP contribution in [0.15, 0.2) is 12.3 Å². The van der Waals surface area contributed by atoms with Gasteiger partial charge < -0.3 is 15.0 Å². The van der Waals surface area contributed by atoms with Crippen LogP contribution in [0.2, 0.25) is 0 Å². The van der Waals surface area contributed by atoms with E-state index in [4.69, 9.17) is 4.74 Å². The molecule has 116 valence electrons. The van der Waals surface area contributed by atoms with Gasteiger partial charge in [0, 0.05) is 45.5 Å². The number of nitrogens with zero attached hydrogens (tertiary/aromatic N) is 4. The summed E-state index contributed by atoms with van der Waals surface area (Å²) >= 11 is 0. The summed E-state index contributed by atoms with van der Waals surface area (Å²) in [6.45, 7) is 7.87. The van der Waals surface area contributed by atoms with Crippen LogP contribution in [0.5, 0.6) is 0 Å². The lowest BCUT2D eigenvalue weighted by Gasteiger charge is -2.28. The third-order valence-electron chi connectivity index (χ3n) is 4.14. The summed E-state index contributed by atoms with van der Waals surface area (Å²) in [7, 11) is 0. The normalized spacial score (nSPS) is 20.5. The second-order valence-electron chi connectivity index (χ2n) is 5.67. The van der Waals surface area contributed by atoms with Gasteiger partial charge in [-0.05, 0) is 25.3 Å². The largest absolute Gasteiger partial charge is 0.379 e. The Balaban J connectivity index is 1.48. The maximum atomic E-state index is 5.35. The third kappa shape index (κ3) is 4.28. The van der Waals surface area contributed by atoms with E-state index >= 15 is 0 Å². The first kappa shape index (κ1) is 14.5. The fourth-order valence-electron chi connectivity index (χ4n) is 2.88. The Morgan fingerprint density at radius 3 is 2.71 bits per heavy atom. The molecule has 6 nitrogen and oxygen atoms in total. The number of ether oxygens (including phenoxy) is 1. The lowest BCUT2D eigenvalue weighted by Crippen LogP contribution is -2.39. The average molecular weight is 291 g/mol. The first-order valence-corrected chi connectivity index (χ1v) is 8.04. The molecule has 0 amide bonds. The predicted octanol–water partition coefficient (Wildman–Crippen LogP) is 1.21. The molecule has 0 bridgehead atoms. The quantitative estimate of drug-likeness (QED) is 0.880. The smallest absolute Gasteiger partial charge is 0.224 e. The van der Waals surface area contributed by atoms with Crippen LogP contribution < -0.4 is 10.2 Å². The fourth-order valence-corrected chi connectivity index (χ4v) is 2.88. The van der Waals surface area contributed by atoms with E-state index in [1.807, 2.05) is 12.3 Å². The summed E-state index contributed by atoms with van der Waals surface area (Å²) in [5.41, 5.74) is 0. The molecule has 1 aromatic heterocycles. The average Bonchev–Trinajstić information content (AvgIpc) is 2.57. The van der Waals surface area contributed by atoms with E-state index in [1.165, 1.54) is 19.3 Å². The Morgan fingerprint density at radius 1 is 1.10 bits per heavy atom. The highest BCUT2D eigenvalue weighted by Gasteiger charge is 2.13. The number of hydrogen-bond acceptors (Lipinski definition) is 6. The van der Waals surface area contributed by atoms with Gasteiger partial charge in [0.05, 0.1) is 13.2 Å². The van der Waals surface area contributed by atoms with E-state index in [1.54, 1.807) is 0 Å². The van der Waals surface area contributed by atoms with Gasteiger partial charge in [0.25, 0.3) is 0 Å². The van der Waals surface area contributed by atoms with Crippen molar-refractivity contribution in [1.82, 2.24) is 14.9 Å². The van der Waals surface area contributed by atoms with Crippen molar-refractivity contribution >= 4 is 11.8 Å². The van der Waals surface area contributed by atoms with Crippen LogP contribution in [-0.2, 0) is 4.74 Å². The maximum Gasteiger partial charge on any atom is 0.224 e. The highest BCUT2D eigenvalue weighted by molar-refractivity contribution is 5.42. The third-order valence-corrected chi connectivity index (χ3v) is 4.14. The number of hydrogen-bond donors (Lipinski definition) is 1. The van der Waals surface area contributed by atoms with Gasteiger partial charge in [-0.2, -0.15) is 4.98 Å². The SMILES string of the molecule is c1cc(N2CCCCC2)nc(NCCN2CCOCC2)n1.